The van der Waals surface area contributed by atoms with Crippen molar-refractivity contribution in [3.8, 4) is 17.2 Å². The van der Waals surface area contributed by atoms with Crippen LogP contribution in [-0.2, 0) is 0 Å². The highest BCUT2D eigenvalue weighted by Gasteiger charge is 2.23. The number of hydrogen-bond donors (Lipinski definition) is 0. The monoisotopic (exact) mass is 316 g/mol. The second-order valence-corrected chi connectivity index (χ2v) is 5.80. The zero-order valence-corrected chi connectivity index (χ0v) is 15.1. The Morgan fingerprint density at radius 3 is 1.43 bits per heavy atom. The molecule has 0 saturated heterocycles. The first kappa shape index (κ1) is 17.1. The Labute approximate surface area is 137 Å². The van der Waals surface area contributed by atoms with E-state index in [9.17, 15) is 4.79 Å². The number of ether oxygens (including phenoxy) is 3. The third-order valence-corrected chi connectivity index (χ3v) is 4.85. The van der Waals surface area contributed by atoms with E-state index in [4.69, 9.17) is 14.2 Å². The highest BCUT2D eigenvalue weighted by Crippen LogP contribution is 2.42. The van der Waals surface area contributed by atoms with Gasteiger partial charge in [-0.3, -0.25) is 4.79 Å². The molecule has 4 nitrogen and oxygen atoms in total. The average molecular weight is 316 g/mol. The molecule has 0 spiro atoms. The van der Waals surface area contributed by atoms with Crippen molar-refractivity contribution < 1.29 is 14.2 Å². The van der Waals surface area contributed by atoms with Crippen LogP contribution in [0.1, 0.15) is 27.8 Å². The second kappa shape index (κ2) is 6.11. The summed E-state index contributed by atoms with van der Waals surface area (Å²) in [6.07, 6.45) is 0. The quantitative estimate of drug-likeness (QED) is 0.864. The molecule has 2 aromatic carbocycles. The molecule has 2 rings (SSSR count). The van der Waals surface area contributed by atoms with Crippen LogP contribution in [0.15, 0.2) is 4.79 Å². The van der Waals surface area contributed by atoms with Crippen molar-refractivity contribution in [1.82, 2.24) is 0 Å². The molecule has 0 aliphatic carbocycles. The third-order valence-electron chi connectivity index (χ3n) is 4.85. The zero-order valence-electron chi connectivity index (χ0n) is 15.1. The first-order valence-corrected chi connectivity index (χ1v) is 7.54. The smallest absolute Gasteiger partial charge is 0.232 e. The lowest BCUT2D eigenvalue weighted by Crippen LogP contribution is -2.08. The van der Waals surface area contributed by atoms with Gasteiger partial charge in [0.2, 0.25) is 5.43 Å². The summed E-state index contributed by atoms with van der Waals surface area (Å²) in [6.45, 7) is 9.94. The topological polar surface area (TPSA) is 44.8 Å². The molecule has 0 heterocycles. The van der Waals surface area contributed by atoms with Crippen molar-refractivity contribution in [2.75, 3.05) is 21.3 Å². The SMILES string of the molecule is COc1c(C)c(C)c2c(C)c(C)c(C)c(OC)c(=O)c2c1OC. The van der Waals surface area contributed by atoms with Crippen LogP contribution in [0, 0.1) is 34.6 Å². The molecule has 0 aromatic heterocycles. The van der Waals surface area contributed by atoms with Gasteiger partial charge in [-0.25, -0.2) is 0 Å². The van der Waals surface area contributed by atoms with E-state index in [1.807, 2.05) is 34.6 Å². The Morgan fingerprint density at radius 2 is 0.957 bits per heavy atom. The van der Waals surface area contributed by atoms with Crippen molar-refractivity contribution in [3.63, 3.8) is 0 Å². The van der Waals surface area contributed by atoms with Crippen LogP contribution >= 0.6 is 0 Å². The molecule has 0 bridgehead atoms. The van der Waals surface area contributed by atoms with Gasteiger partial charge in [-0.05, 0) is 67.8 Å². The van der Waals surface area contributed by atoms with Crippen LogP contribution in [0.2, 0.25) is 0 Å². The fourth-order valence-corrected chi connectivity index (χ4v) is 3.24. The van der Waals surface area contributed by atoms with E-state index < -0.39 is 0 Å². The van der Waals surface area contributed by atoms with Gasteiger partial charge in [0.15, 0.2) is 17.2 Å². The van der Waals surface area contributed by atoms with E-state index in [1.165, 1.54) is 7.11 Å². The summed E-state index contributed by atoms with van der Waals surface area (Å²) in [7, 11) is 4.67. The average Bonchev–Trinajstić information content (AvgIpc) is 2.60. The molecular weight excluding hydrogens is 292 g/mol. The normalized spacial score (nSPS) is 10.8. The maximum Gasteiger partial charge on any atom is 0.232 e. The second-order valence-electron chi connectivity index (χ2n) is 5.80. The van der Waals surface area contributed by atoms with Gasteiger partial charge in [0.1, 0.15) is 0 Å². The molecule has 0 aliphatic rings. The van der Waals surface area contributed by atoms with Crippen LogP contribution in [0.3, 0.4) is 0 Å². The zero-order chi connectivity index (χ0) is 17.5. The summed E-state index contributed by atoms with van der Waals surface area (Å²) in [5.74, 6) is 1.41. The van der Waals surface area contributed by atoms with Crippen LogP contribution in [0.25, 0.3) is 10.8 Å². The Bertz CT molecular complexity index is 851. The van der Waals surface area contributed by atoms with Crippen molar-refractivity contribution >= 4 is 10.8 Å². The Morgan fingerprint density at radius 1 is 0.522 bits per heavy atom. The highest BCUT2D eigenvalue weighted by atomic mass is 16.5. The molecule has 23 heavy (non-hydrogen) atoms. The van der Waals surface area contributed by atoms with Gasteiger partial charge in [-0.2, -0.15) is 0 Å². The molecule has 0 fully saturated rings. The Hall–Kier alpha value is -2.23. The minimum Gasteiger partial charge on any atom is -0.493 e. The number of methoxy groups -OCH3 is 3. The van der Waals surface area contributed by atoms with Gasteiger partial charge >= 0.3 is 0 Å². The molecule has 4 heteroatoms. The molecule has 0 radical (unpaired) electrons. The van der Waals surface area contributed by atoms with Crippen molar-refractivity contribution in [3.05, 3.63) is 38.0 Å². The van der Waals surface area contributed by atoms with Gasteiger partial charge in [0.25, 0.3) is 0 Å². The summed E-state index contributed by atoms with van der Waals surface area (Å²) in [5, 5.41) is 1.42. The number of fused-ring (bicyclic) bond motifs is 1. The summed E-state index contributed by atoms with van der Waals surface area (Å²) in [4.78, 5) is 13.1. The summed E-state index contributed by atoms with van der Waals surface area (Å²) >= 11 is 0. The molecule has 0 N–H and O–H groups in total. The molecule has 0 unspecified atom stereocenters. The lowest BCUT2D eigenvalue weighted by atomic mass is 9.96. The Balaban J connectivity index is 3.36. The molecule has 2 aromatic rings. The Kier molecular flexibility index (Phi) is 4.55. The number of benzene rings is 1. The highest BCUT2D eigenvalue weighted by molar-refractivity contribution is 5.97. The fraction of sp³-hybridized carbons (Fsp3) is 0.421. The molecular formula is C19H24O4. The minimum absolute atomic E-state index is 0.172. The van der Waals surface area contributed by atoms with Gasteiger partial charge in [-0.15, -0.1) is 0 Å². The first-order valence-electron chi connectivity index (χ1n) is 7.54. The largest absolute Gasteiger partial charge is 0.493 e. The van der Waals surface area contributed by atoms with E-state index in [0.717, 1.165) is 33.2 Å². The van der Waals surface area contributed by atoms with Crippen molar-refractivity contribution in [2.45, 2.75) is 34.6 Å². The van der Waals surface area contributed by atoms with Crippen LogP contribution in [0.5, 0.6) is 17.2 Å². The summed E-state index contributed by atoms with van der Waals surface area (Å²) in [6, 6.07) is 0. The van der Waals surface area contributed by atoms with E-state index in [1.54, 1.807) is 14.2 Å². The maximum atomic E-state index is 13.1. The van der Waals surface area contributed by atoms with Gasteiger partial charge in [0.05, 0.1) is 26.7 Å². The lowest BCUT2D eigenvalue weighted by Gasteiger charge is -2.16. The lowest BCUT2D eigenvalue weighted by molar-refractivity contribution is 0.356. The van der Waals surface area contributed by atoms with E-state index >= 15 is 0 Å². The predicted octanol–water partition coefficient (Wildman–Crippen LogP) is 3.77. The number of aryl methyl sites for hydroxylation is 2. The first-order chi connectivity index (χ1) is 10.8. The molecule has 124 valence electrons. The summed E-state index contributed by atoms with van der Waals surface area (Å²) in [5.41, 5.74) is 4.77. The van der Waals surface area contributed by atoms with E-state index in [-0.39, 0.29) is 5.43 Å². The number of rotatable bonds is 3. The van der Waals surface area contributed by atoms with Crippen LogP contribution in [-0.4, -0.2) is 21.3 Å². The third kappa shape index (κ3) is 2.33. The van der Waals surface area contributed by atoms with E-state index in [2.05, 4.69) is 0 Å². The minimum atomic E-state index is -0.172. The molecule has 0 amide bonds. The van der Waals surface area contributed by atoms with E-state index in [0.29, 0.717) is 22.6 Å². The molecule has 0 saturated carbocycles. The number of hydrogen-bond acceptors (Lipinski definition) is 4. The van der Waals surface area contributed by atoms with Gasteiger partial charge < -0.3 is 14.2 Å². The predicted molar refractivity (Wildman–Crippen MR) is 93.6 cm³/mol. The standard InChI is InChI=1S/C19H24O4/c1-9-10(2)14-11(3)13(5)18(22-7)19(23-8)15(14)16(20)17(21-6)12(9)4/h1-8H3. The fourth-order valence-electron chi connectivity index (χ4n) is 3.24. The molecule has 0 aliphatic heterocycles. The molecule has 0 atom stereocenters. The van der Waals surface area contributed by atoms with Crippen molar-refractivity contribution in [2.24, 2.45) is 0 Å². The van der Waals surface area contributed by atoms with Crippen molar-refractivity contribution in [1.29, 1.82) is 0 Å². The van der Waals surface area contributed by atoms with Crippen LogP contribution < -0.4 is 19.6 Å². The summed E-state index contributed by atoms with van der Waals surface area (Å²) < 4.78 is 16.5. The van der Waals surface area contributed by atoms with Gasteiger partial charge in [0, 0.05) is 0 Å². The van der Waals surface area contributed by atoms with Crippen LogP contribution in [0.4, 0.5) is 0 Å². The van der Waals surface area contributed by atoms with Gasteiger partial charge in [-0.1, -0.05) is 0 Å². The maximum absolute atomic E-state index is 13.1.